The number of halogens is 2. The van der Waals surface area contributed by atoms with Crippen molar-refractivity contribution < 1.29 is 9.18 Å². The van der Waals surface area contributed by atoms with Crippen LogP contribution in [0.2, 0.25) is 5.02 Å². The summed E-state index contributed by atoms with van der Waals surface area (Å²) in [5.41, 5.74) is 2.49. The Balaban J connectivity index is 1.78. The molecule has 2 aromatic carbocycles. The van der Waals surface area contributed by atoms with E-state index >= 15 is 0 Å². The van der Waals surface area contributed by atoms with Crippen LogP contribution in [-0.4, -0.2) is 21.9 Å². The first-order chi connectivity index (χ1) is 12.1. The second-order valence-corrected chi connectivity index (χ2v) is 6.53. The Morgan fingerprint density at radius 2 is 1.84 bits per heavy atom. The maximum Gasteiger partial charge on any atom is 0.254 e. The van der Waals surface area contributed by atoms with Gasteiger partial charge in [-0.2, -0.15) is 0 Å². The average molecular weight is 355 g/mol. The first kappa shape index (κ1) is 15.9. The topological polar surface area (TPSA) is 25.2 Å². The van der Waals surface area contributed by atoms with E-state index in [0.29, 0.717) is 17.1 Å². The van der Waals surface area contributed by atoms with Gasteiger partial charge in [0.1, 0.15) is 5.82 Å². The van der Waals surface area contributed by atoms with E-state index < -0.39 is 0 Å². The molecule has 1 atom stereocenters. The molecule has 0 spiro atoms. The minimum absolute atomic E-state index is 0.113. The summed E-state index contributed by atoms with van der Waals surface area (Å²) < 4.78 is 15.3. The van der Waals surface area contributed by atoms with Crippen LogP contribution in [0.1, 0.15) is 27.7 Å². The third-order valence-corrected chi connectivity index (χ3v) is 4.79. The fourth-order valence-corrected chi connectivity index (χ4v) is 3.59. The molecule has 1 aromatic heterocycles. The van der Waals surface area contributed by atoms with Crippen LogP contribution in [0.25, 0.3) is 0 Å². The molecule has 0 radical (unpaired) electrons. The van der Waals surface area contributed by atoms with Crippen LogP contribution in [0.5, 0.6) is 0 Å². The van der Waals surface area contributed by atoms with Crippen LogP contribution in [0.4, 0.5) is 4.39 Å². The lowest BCUT2D eigenvalue weighted by atomic mass is 9.99. The third kappa shape index (κ3) is 2.94. The number of carbonyl (C=O) groups is 1. The van der Waals surface area contributed by atoms with E-state index in [0.717, 1.165) is 17.8 Å². The zero-order chi connectivity index (χ0) is 17.4. The lowest BCUT2D eigenvalue weighted by molar-refractivity contribution is 0.0664. The van der Waals surface area contributed by atoms with Crippen LogP contribution in [0.3, 0.4) is 0 Å². The second-order valence-electron chi connectivity index (χ2n) is 6.09. The molecule has 0 aliphatic carbocycles. The van der Waals surface area contributed by atoms with Crippen LogP contribution >= 0.6 is 11.6 Å². The highest BCUT2D eigenvalue weighted by Gasteiger charge is 2.32. The standard InChI is InChI=1S/C20H16ClFN2O/c21-16-4-1-3-15(13-16)19-18-5-2-10-23(18)11-12-24(19)20(25)14-6-8-17(22)9-7-14/h1-10,13,19H,11-12H2/t19-/m1/s1. The highest BCUT2D eigenvalue weighted by atomic mass is 35.5. The molecule has 1 aliphatic rings. The molecule has 0 saturated heterocycles. The third-order valence-electron chi connectivity index (χ3n) is 4.55. The Bertz CT molecular complexity index is 919. The zero-order valence-electron chi connectivity index (χ0n) is 13.4. The van der Waals surface area contributed by atoms with E-state index in [1.165, 1.54) is 24.3 Å². The minimum Gasteiger partial charge on any atom is -0.348 e. The molecular formula is C20H16ClFN2O. The van der Waals surface area contributed by atoms with E-state index in [1.54, 1.807) is 0 Å². The van der Waals surface area contributed by atoms with E-state index in [1.807, 2.05) is 47.5 Å². The molecule has 0 unspecified atom stereocenters. The fourth-order valence-electron chi connectivity index (χ4n) is 3.39. The van der Waals surface area contributed by atoms with Gasteiger partial charge in [0.15, 0.2) is 0 Å². The molecular weight excluding hydrogens is 339 g/mol. The summed E-state index contributed by atoms with van der Waals surface area (Å²) in [5.74, 6) is -0.465. The number of hydrogen-bond acceptors (Lipinski definition) is 1. The van der Waals surface area contributed by atoms with Gasteiger partial charge in [0, 0.05) is 35.6 Å². The van der Waals surface area contributed by atoms with E-state index in [2.05, 4.69) is 4.57 Å². The average Bonchev–Trinajstić information content (AvgIpc) is 3.09. The number of nitrogens with zero attached hydrogens (tertiary/aromatic N) is 2. The van der Waals surface area contributed by atoms with Gasteiger partial charge < -0.3 is 9.47 Å². The maximum atomic E-state index is 13.2. The van der Waals surface area contributed by atoms with E-state index in [-0.39, 0.29) is 17.8 Å². The van der Waals surface area contributed by atoms with E-state index in [4.69, 9.17) is 11.6 Å². The smallest absolute Gasteiger partial charge is 0.254 e. The van der Waals surface area contributed by atoms with Crippen molar-refractivity contribution in [3.05, 3.63) is 94.5 Å². The van der Waals surface area contributed by atoms with Gasteiger partial charge in [0.2, 0.25) is 0 Å². The second kappa shape index (κ2) is 6.37. The van der Waals surface area contributed by atoms with Gasteiger partial charge in [-0.25, -0.2) is 4.39 Å². The lowest BCUT2D eigenvalue weighted by Crippen LogP contribution is -2.42. The quantitative estimate of drug-likeness (QED) is 0.664. The van der Waals surface area contributed by atoms with Crippen molar-refractivity contribution in [1.82, 2.24) is 9.47 Å². The molecule has 25 heavy (non-hydrogen) atoms. The summed E-state index contributed by atoms with van der Waals surface area (Å²) in [6.45, 7) is 1.31. The van der Waals surface area contributed by atoms with Gasteiger partial charge in [0.25, 0.3) is 5.91 Å². The molecule has 126 valence electrons. The molecule has 0 bridgehead atoms. The number of benzene rings is 2. The Hall–Kier alpha value is -2.59. The number of amides is 1. The molecule has 0 N–H and O–H groups in total. The first-order valence-corrected chi connectivity index (χ1v) is 8.48. The van der Waals surface area contributed by atoms with E-state index in [9.17, 15) is 9.18 Å². The highest BCUT2D eigenvalue weighted by Crippen LogP contribution is 2.34. The Kier molecular flexibility index (Phi) is 4.06. The first-order valence-electron chi connectivity index (χ1n) is 8.10. The number of aromatic nitrogens is 1. The zero-order valence-corrected chi connectivity index (χ0v) is 14.2. The van der Waals surface area contributed by atoms with Crippen molar-refractivity contribution in [2.24, 2.45) is 0 Å². The van der Waals surface area contributed by atoms with Gasteiger partial charge in [-0.05, 0) is 54.1 Å². The fraction of sp³-hybridized carbons (Fsp3) is 0.150. The molecule has 4 rings (SSSR count). The maximum absolute atomic E-state index is 13.2. The van der Waals surface area contributed by atoms with Gasteiger partial charge in [-0.3, -0.25) is 4.79 Å². The lowest BCUT2D eigenvalue weighted by Gasteiger charge is -2.37. The highest BCUT2D eigenvalue weighted by molar-refractivity contribution is 6.30. The molecule has 3 nitrogen and oxygen atoms in total. The predicted molar refractivity (Wildman–Crippen MR) is 95.2 cm³/mol. The number of hydrogen-bond donors (Lipinski definition) is 0. The van der Waals surface area contributed by atoms with Crippen LogP contribution in [0.15, 0.2) is 66.9 Å². The summed E-state index contributed by atoms with van der Waals surface area (Å²) in [7, 11) is 0. The van der Waals surface area contributed by atoms with Crippen molar-refractivity contribution in [2.45, 2.75) is 12.6 Å². The summed E-state index contributed by atoms with van der Waals surface area (Å²) in [6, 6.07) is 17.0. The summed E-state index contributed by atoms with van der Waals surface area (Å²) >= 11 is 6.17. The van der Waals surface area contributed by atoms with Crippen molar-refractivity contribution in [2.75, 3.05) is 6.54 Å². The van der Waals surface area contributed by atoms with Crippen molar-refractivity contribution in [3.8, 4) is 0 Å². The van der Waals surface area contributed by atoms with Crippen molar-refractivity contribution in [1.29, 1.82) is 0 Å². The van der Waals surface area contributed by atoms with Crippen LogP contribution in [-0.2, 0) is 6.54 Å². The number of fused-ring (bicyclic) bond motifs is 1. The molecule has 0 saturated carbocycles. The molecule has 1 amide bonds. The Labute approximate surface area is 150 Å². The summed E-state index contributed by atoms with van der Waals surface area (Å²) in [4.78, 5) is 14.9. The summed E-state index contributed by atoms with van der Waals surface area (Å²) in [5, 5.41) is 0.635. The monoisotopic (exact) mass is 354 g/mol. The minimum atomic E-state index is -0.351. The van der Waals surface area contributed by atoms with Gasteiger partial charge in [-0.1, -0.05) is 23.7 Å². The Morgan fingerprint density at radius 3 is 2.60 bits per heavy atom. The van der Waals surface area contributed by atoms with Gasteiger partial charge in [0.05, 0.1) is 6.04 Å². The largest absolute Gasteiger partial charge is 0.348 e. The predicted octanol–water partition coefficient (Wildman–Crippen LogP) is 4.53. The Morgan fingerprint density at radius 1 is 1.04 bits per heavy atom. The van der Waals surface area contributed by atoms with Crippen LogP contribution < -0.4 is 0 Å². The molecule has 1 aliphatic heterocycles. The van der Waals surface area contributed by atoms with Crippen molar-refractivity contribution >= 4 is 17.5 Å². The number of carbonyl (C=O) groups excluding carboxylic acids is 1. The summed E-state index contributed by atoms with van der Waals surface area (Å²) in [6.07, 6.45) is 2.02. The number of rotatable bonds is 2. The normalized spacial score (nSPS) is 16.6. The van der Waals surface area contributed by atoms with Gasteiger partial charge in [-0.15, -0.1) is 0 Å². The van der Waals surface area contributed by atoms with Gasteiger partial charge >= 0.3 is 0 Å². The molecule has 2 heterocycles. The van der Waals surface area contributed by atoms with Crippen molar-refractivity contribution in [3.63, 3.8) is 0 Å². The molecule has 3 aromatic rings. The molecule has 5 heteroatoms. The van der Waals surface area contributed by atoms with Crippen LogP contribution in [0, 0.1) is 5.82 Å². The SMILES string of the molecule is O=C(c1ccc(F)cc1)N1CCn2cccc2[C@H]1c1cccc(Cl)c1. The molecule has 0 fully saturated rings.